The van der Waals surface area contributed by atoms with Gasteiger partial charge in [0, 0.05) is 23.3 Å². The van der Waals surface area contributed by atoms with Gasteiger partial charge in [-0.1, -0.05) is 29.3 Å². The van der Waals surface area contributed by atoms with E-state index in [9.17, 15) is 9.59 Å². The summed E-state index contributed by atoms with van der Waals surface area (Å²) >= 11 is 11.8. The molecule has 2 aromatic carbocycles. The summed E-state index contributed by atoms with van der Waals surface area (Å²) in [6.45, 7) is 3.28. The van der Waals surface area contributed by atoms with Gasteiger partial charge < -0.3 is 10.6 Å². The maximum Gasteiger partial charge on any atom is 0.257 e. The Kier molecular flexibility index (Phi) is 5.06. The Labute approximate surface area is 138 Å². The van der Waals surface area contributed by atoms with Crippen LogP contribution in [0.15, 0.2) is 36.4 Å². The van der Waals surface area contributed by atoms with E-state index in [2.05, 4.69) is 10.6 Å². The van der Waals surface area contributed by atoms with Gasteiger partial charge >= 0.3 is 0 Å². The highest BCUT2D eigenvalue weighted by molar-refractivity contribution is 6.37. The van der Waals surface area contributed by atoms with E-state index < -0.39 is 0 Å². The number of amides is 2. The van der Waals surface area contributed by atoms with Crippen LogP contribution in [0.5, 0.6) is 0 Å². The van der Waals surface area contributed by atoms with Crippen LogP contribution in [0, 0.1) is 6.92 Å². The van der Waals surface area contributed by atoms with Crippen LogP contribution in [0.4, 0.5) is 11.4 Å². The molecular weight excluding hydrogens is 323 g/mol. The van der Waals surface area contributed by atoms with Crippen LogP contribution in [0.1, 0.15) is 22.8 Å². The molecule has 2 N–H and O–H groups in total. The number of carbonyl (C=O) groups excluding carboxylic acids is 2. The van der Waals surface area contributed by atoms with E-state index in [1.54, 1.807) is 24.3 Å². The second kappa shape index (κ2) is 6.81. The normalized spacial score (nSPS) is 10.2. The van der Waals surface area contributed by atoms with E-state index in [4.69, 9.17) is 23.2 Å². The fourth-order valence-corrected chi connectivity index (χ4v) is 2.40. The van der Waals surface area contributed by atoms with Gasteiger partial charge in [-0.05, 0) is 42.8 Å². The third-order valence-corrected chi connectivity index (χ3v) is 3.53. The lowest BCUT2D eigenvalue weighted by atomic mass is 10.1. The molecule has 0 spiro atoms. The molecule has 0 aliphatic carbocycles. The molecular formula is C16H14Cl2N2O2. The highest BCUT2D eigenvalue weighted by Gasteiger charge is 2.12. The van der Waals surface area contributed by atoms with Gasteiger partial charge in [0.2, 0.25) is 5.91 Å². The third-order valence-electron chi connectivity index (χ3n) is 2.98. The Morgan fingerprint density at radius 1 is 1.00 bits per heavy atom. The van der Waals surface area contributed by atoms with Crippen molar-refractivity contribution in [2.75, 3.05) is 10.6 Å². The number of hydrogen-bond acceptors (Lipinski definition) is 2. The van der Waals surface area contributed by atoms with Crippen molar-refractivity contribution in [3.05, 3.63) is 57.6 Å². The van der Waals surface area contributed by atoms with E-state index in [0.29, 0.717) is 22.0 Å². The largest absolute Gasteiger partial charge is 0.326 e. The van der Waals surface area contributed by atoms with Gasteiger partial charge in [0.25, 0.3) is 5.91 Å². The molecule has 0 bridgehead atoms. The number of halogens is 2. The van der Waals surface area contributed by atoms with Crippen molar-refractivity contribution in [3.63, 3.8) is 0 Å². The molecule has 0 aliphatic rings. The molecule has 4 nitrogen and oxygen atoms in total. The summed E-state index contributed by atoms with van der Waals surface area (Å²) in [4.78, 5) is 23.4. The fourth-order valence-electron chi connectivity index (χ4n) is 1.90. The van der Waals surface area contributed by atoms with Gasteiger partial charge in [-0.15, -0.1) is 0 Å². The van der Waals surface area contributed by atoms with Crippen molar-refractivity contribution in [3.8, 4) is 0 Å². The molecule has 0 saturated heterocycles. The number of nitrogens with one attached hydrogen (secondary N) is 2. The minimum atomic E-state index is -0.343. The molecule has 0 aromatic heterocycles. The standard InChI is InChI=1S/C16H14Cl2N2O2/c1-9-3-5-12(19-10(2)21)8-15(9)20-16(22)13-6-4-11(17)7-14(13)18/h3-8H,1-2H3,(H,19,21)(H,20,22). The van der Waals surface area contributed by atoms with Gasteiger partial charge in [0.05, 0.1) is 10.6 Å². The van der Waals surface area contributed by atoms with Gasteiger partial charge in [-0.2, -0.15) is 0 Å². The lowest BCUT2D eigenvalue weighted by molar-refractivity contribution is -0.114. The summed E-state index contributed by atoms with van der Waals surface area (Å²) in [5.41, 5.74) is 2.40. The maximum atomic E-state index is 12.3. The average molecular weight is 337 g/mol. The number of benzene rings is 2. The number of rotatable bonds is 3. The molecule has 0 fully saturated rings. The third kappa shape index (κ3) is 4.00. The molecule has 6 heteroatoms. The van der Waals surface area contributed by atoms with Crippen molar-refractivity contribution in [2.24, 2.45) is 0 Å². The lowest BCUT2D eigenvalue weighted by Gasteiger charge is -2.12. The Morgan fingerprint density at radius 2 is 1.73 bits per heavy atom. The highest BCUT2D eigenvalue weighted by atomic mass is 35.5. The molecule has 0 heterocycles. The van der Waals surface area contributed by atoms with Gasteiger partial charge in [0.1, 0.15) is 0 Å². The van der Waals surface area contributed by atoms with Crippen molar-refractivity contribution >= 4 is 46.4 Å². The Bertz CT molecular complexity index is 745. The topological polar surface area (TPSA) is 58.2 Å². The van der Waals surface area contributed by atoms with E-state index in [1.165, 1.54) is 13.0 Å². The highest BCUT2D eigenvalue weighted by Crippen LogP contribution is 2.24. The minimum Gasteiger partial charge on any atom is -0.326 e. The van der Waals surface area contributed by atoms with Crippen LogP contribution >= 0.6 is 23.2 Å². The molecule has 0 unspecified atom stereocenters. The van der Waals surface area contributed by atoms with Crippen LogP contribution in [-0.2, 0) is 4.79 Å². The molecule has 2 rings (SSSR count). The zero-order chi connectivity index (χ0) is 16.3. The Morgan fingerprint density at radius 3 is 2.36 bits per heavy atom. The summed E-state index contributed by atoms with van der Waals surface area (Å²) in [5, 5.41) is 6.19. The van der Waals surface area contributed by atoms with E-state index in [1.807, 2.05) is 13.0 Å². The molecule has 0 atom stereocenters. The van der Waals surface area contributed by atoms with Crippen molar-refractivity contribution < 1.29 is 9.59 Å². The quantitative estimate of drug-likeness (QED) is 0.866. The zero-order valence-corrected chi connectivity index (χ0v) is 13.5. The lowest BCUT2D eigenvalue weighted by Crippen LogP contribution is -2.14. The predicted molar refractivity (Wildman–Crippen MR) is 89.9 cm³/mol. The van der Waals surface area contributed by atoms with Crippen LogP contribution in [-0.4, -0.2) is 11.8 Å². The number of carbonyl (C=O) groups is 2. The van der Waals surface area contributed by atoms with Crippen LogP contribution in [0.3, 0.4) is 0 Å². The Hall–Kier alpha value is -2.04. The van der Waals surface area contributed by atoms with Crippen molar-refractivity contribution in [1.29, 1.82) is 0 Å². The Balaban J connectivity index is 2.25. The molecule has 2 amide bonds. The second-order valence-corrected chi connectivity index (χ2v) is 5.63. The molecule has 0 radical (unpaired) electrons. The summed E-state index contributed by atoms with van der Waals surface area (Å²) in [5.74, 6) is -0.522. The van der Waals surface area contributed by atoms with E-state index in [-0.39, 0.29) is 16.8 Å². The first-order chi connectivity index (χ1) is 10.4. The first-order valence-corrected chi connectivity index (χ1v) is 7.27. The number of aryl methyl sites for hydroxylation is 1. The first kappa shape index (κ1) is 16.3. The average Bonchev–Trinajstić information content (AvgIpc) is 2.41. The van der Waals surface area contributed by atoms with Gasteiger partial charge in [0.15, 0.2) is 0 Å². The molecule has 0 saturated carbocycles. The SMILES string of the molecule is CC(=O)Nc1ccc(C)c(NC(=O)c2ccc(Cl)cc2Cl)c1. The number of anilines is 2. The smallest absolute Gasteiger partial charge is 0.257 e. The summed E-state index contributed by atoms with van der Waals surface area (Å²) < 4.78 is 0. The second-order valence-electron chi connectivity index (χ2n) is 4.79. The molecule has 0 aliphatic heterocycles. The van der Waals surface area contributed by atoms with Gasteiger partial charge in [-0.3, -0.25) is 9.59 Å². The summed E-state index contributed by atoms with van der Waals surface area (Å²) in [6.07, 6.45) is 0. The monoisotopic (exact) mass is 336 g/mol. The summed E-state index contributed by atoms with van der Waals surface area (Å²) in [6, 6.07) is 9.94. The minimum absolute atomic E-state index is 0.179. The van der Waals surface area contributed by atoms with Crippen molar-refractivity contribution in [1.82, 2.24) is 0 Å². The number of hydrogen-bond donors (Lipinski definition) is 2. The van der Waals surface area contributed by atoms with Crippen LogP contribution in [0.25, 0.3) is 0 Å². The summed E-state index contributed by atoms with van der Waals surface area (Å²) in [7, 11) is 0. The van der Waals surface area contributed by atoms with Crippen LogP contribution in [0.2, 0.25) is 10.0 Å². The maximum absolute atomic E-state index is 12.3. The van der Waals surface area contributed by atoms with E-state index in [0.717, 1.165) is 5.56 Å². The first-order valence-electron chi connectivity index (χ1n) is 6.51. The molecule has 114 valence electrons. The fraction of sp³-hybridized carbons (Fsp3) is 0.125. The van der Waals surface area contributed by atoms with Gasteiger partial charge in [-0.25, -0.2) is 0 Å². The van der Waals surface area contributed by atoms with Crippen LogP contribution < -0.4 is 10.6 Å². The molecule has 22 heavy (non-hydrogen) atoms. The van der Waals surface area contributed by atoms with Crippen molar-refractivity contribution in [2.45, 2.75) is 13.8 Å². The van der Waals surface area contributed by atoms with E-state index >= 15 is 0 Å². The predicted octanol–water partition coefficient (Wildman–Crippen LogP) is 4.51. The molecule has 2 aromatic rings. The zero-order valence-electron chi connectivity index (χ0n) is 12.0.